The monoisotopic (exact) mass is 252 g/mol. The molecule has 0 N–H and O–H groups in total. The van der Waals surface area contributed by atoms with Crippen molar-refractivity contribution in [3.05, 3.63) is 52.6 Å². The summed E-state index contributed by atoms with van der Waals surface area (Å²) in [7, 11) is 1.78. The number of aryl methyl sites for hydroxylation is 1. The zero-order chi connectivity index (χ0) is 12.4. The van der Waals surface area contributed by atoms with Gasteiger partial charge in [0.25, 0.3) is 0 Å². The number of rotatable bonds is 3. The molecule has 1 aromatic carbocycles. The highest BCUT2D eigenvalue weighted by molar-refractivity contribution is 6.31. The van der Waals surface area contributed by atoms with Crippen molar-refractivity contribution in [2.45, 2.75) is 6.42 Å². The van der Waals surface area contributed by atoms with E-state index in [4.69, 9.17) is 11.6 Å². The highest BCUT2D eigenvalue weighted by Gasteiger charge is 2.10. The number of carbonyl (C=O) groups is 1. The first-order valence-corrected chi connectivity index (χ1v) is 5.40. The van der Waals surface area contributed by atoms with Crippen molar-refractivity contribution < 1.29 is 9.18 Å². The summed E-state index contributed by atoms with van der Waals surface area (Å²) < 4.78 is 14.6. The van der Waals surface area contributed by atoms with Gasteiger partial charge >= 0.3 is 0 Å². The van der Waals surface area contributed by atoms with Crippen molar-refractivity contribution in [2.24, 2.45) is 7.05 Å². The van der Waals surface area contributed by atoms with E-state index in [0.717, 1.165) is 5.56 Å². The van der Waals surface area contributed by atoms with Crippen LogP contribution < -0.4 is 0 Å². The van der Waals surface area contributed by atoms with Crippen molar-refractivity contribution in [1.29, 1.82) is 0 Å². The van der Waals surface area contributed by atoms with Gasteiger partial charge in [-0.15, -0.1) is 0 Å². The van der Waals surface area contributed by atoms with Gasteiger partial charge in [-0.05, 0) is 23.8 Å². The minimum atomic E-state index is -0.524. The first-order chi connectivity index (χ1) is 8.06. The summed E-state index contributed by atoms with van der Waals surface area (Å²) in [4.78, 5) is 11.9. The smallest absolute Gasteiger partial charge is 0.167 e. The van der Waals surface area contributed by atoms with Gasteiger partial charge < -0.3 is 0 Å². The highest BCUT2D eigenvalue weighted by atomic mass is 35.5. The molecule has 0 radical (unpaired) electrons. The predicted octanol–water partition coefficient (Wildman–Crippen LogP) is 2.64. The minimum absolute atomic E-state index is 0.0398. The molecule has 0 aliphatic carbocycles. The van der Waals surface area contributed by atoms with Gasteiger partial charge in [0.15, 0.2) is 5.78 Å². The van der Waals surface area contributed by atoms with E-state index in [0.29, 0.717) is 5.56 Å². The van der Waals surface area contributed by atoms with E-state index in [1.165, 1.54) is 18.2 Å². The van der Waals surface area contributed by atoms with Crippen molar-refractivity contribution in [2.75, 3.05) is 0 Å². The van der Waals surface area contributed by atoms with E-state index in [1.54, 1.807) is 24.1 Å². The third kappa shape index (κ3) is 2.71. The summed E-state index contributed by atoms with van der Waals surface area (Å²) in [5.41, 5.74) is 1.22. The average Bonchev–Trinajstić information content (AvgIpc) is 2.68. The van der Waals surface area contributed by atoms with Gasteiger partial charge in [-0.1, -0.05) is 11.6 Å². The van der Waals surface area contributed by atoms with E-state index in [9.17, 15) is 9.18 Å². The number of hydrogen-bond acceptors (Lipinski definition) is 2. The molecule has 0 atom stereocenters. The van der Waals surface area contributed by atoms with Crippen LogP contribution in [0.2, 0.25) is 5.02 Å². The van der Waals surface area contributed by atoms with Crippen LogP contribution in [-0.2, 0) is 13.5 Å². The van der Waals surface area contributed by atoms with Crippen LogP contribution in [0.25, 0.3) is 0 Å². The fraction of sp³-hybridized carbons (Fsp3) is 0.167. The van der Waals surface area contributed by atoms with Crippen molar-refractivity contribution >= 4 is 17.4 Å². The van der Waals surface area contributed by atoms with Gasteiger partial charge in [0, 0.05) is 25.2 Å². The summed E-state index contributed by atoms with van der Waals surface area (Å²) in [5, 5.41) is 3.93. The summed E-state index contributed by atoms with van der Waals surface area (Å²) in [5.74, 6) is -0.635. The van der Waals surface area contributed by atoms with Gasteiger partial charge in [0.2, 0.25) is 0 Å². The number of carbonyl (C=O) groups excluding carboxylic acids is 1. The number of Topliss-reactive ketones (excluding diaryl/α,β-unsaturated/α-hetero) is 1. The Morgan fingerprint density at radius 2 is 2.29 bits per heavy atom. The molecule has 1 heterocycles. The Kier molecular flexibility index (Phi) is 3.24. The molecule has 0 amide bonds. The van der Waals surface area contributed by atoms with E-state index in [-0.39, 0.29) is 17.2 Å². The largest absolute Gasteiger partial charge is 0.294 e. The first-order valence-electron chi connectivity index (χ1n) is 5.02. The van der Waals surface area contributed by atoms with Crippen LogP contribution in [0.4, 0.5) is 4.39 Å². The lowest BCUT2D eigenvalue weighted by Gasteiger charge is -2.00. The summed E-state index contributed by atoms with van der Waals surface area (Å²) in [6, 6.07) is 3.97. The fourth-order valence-corrected chi connectivity index (χ4v) is 1.70. The average molecular weight is 253 g/mol. The van der Waals surface area contributed by atoms with Crippen LogP contribution in [0, 0.1) is 5.82 Å². The number of hydrogen-bond donors (Lipinski definition) is 0. The van der Waals surface area contributed by atoms with E-state index >= 15 is 0 Å². The first kappa shape index (κ1) is 11.8. The Balaban J connectivity index is 2.17. The van der Waals surface area contributed by atoms with E-state index in [2.05, 4.69) is 5.10 Å². The molecule has 17 heavy (non-hydrogen) atoms. The molecule has 0 bridgehead atoms. The van der Waals surface area contributed by atoms with Crippen molar-refractivity contribution in [3.63, 3.8) is 0 Å². The SMILES string of the molecule is Cn1cc(CC(=O)c2ccc(F)c(Cl)c2)cn1. The summed E-state index contributed by atoms with van der Waals surface area (Å²) in [6.07, 6.45) is 3.63. The third-order valence-corrected chi connectivity index (χ3v) is 2.65. The van der Waals surface area contributed by atoms with Gasteiger partial charge in [-0.2, -0.15) is 5.10 Å². The third-order valence-electron chi connectivity index (χ3n) is 2.36. The fourth-order valence-electron chi connectivity index (χ4n) is 1.52. The molecule has 0 spiro atoms. The molecule has 0 saturated carbocycles. The normalized spacial score (nSPS) is 10.5. The molecule has 3 nitrogen and oxygen atoms in total. The van der Waals surface area contributed by atoms with Crippen LogP contribution in [-0.4, -0.2) is 15.6 Å². The second-order valence-electron chi connectivity index (χ2n) is 3.75. The Morgan fingerprint density at radius 1 is 1.53 bits per heavy atom. The second kappa shape index (κ2) is 4.67. The quantitative estimate of drug-likeness (QED) is 0.787. The molecular weight excluding hydrogens is 243 g/mol. The maximum atomic E-state index is 12.9. The van der Waals surface area contributed by atoms with E-state index < -0.39 is 5.82 Å². The number of benzene rings is 1. The molecule has 2 aromatic rings. The van der Waals surface area contributed by atoms with Gasteiger partial charge in [-0.25, -0.2) is 4.39 Å². The standard InChI is InChI=1S/C12H10ClFN2O/c1-16-7-8(6-15-16)4-12(17)9-2-3-11(14)10(13)5-9/h2-3,5-7H,4H2,1H3. The maximum Gasteiger partial charge on any atom is 0.167 e. The number of ketones is 1. The molecular formula is C12H10ClFN2O. The molecule has 5 heteroatoms. The van der Waals surface area contributed by atoms with Crippen molar-refractivity contribution in [3.8, 4) is 0 Å². The molecule has 0 aliphatic heterocycles. The molecule has 2 rings (SSSR count). The van der Waals surface area contributed by atoms with Crippen LogP contribution >= 0.6 is 11.6 Å². The molecule has 0 unspecified atom stereocenters. The number of nitrogens with zero attached hydrogens (tertiary/aromatic N) is 2. The molecule has 1 aromatic heterocycles. The molecule has 0 fully saturated rings. The lowest BCUT2D eigenvalue weighted by molar-refractivity contribution is 0.0993. The maximum absolute atomic E-state index is 12.9. The Bertz CT molecular complexity index is 565. The van der Waals surface area contributed by atoms with Crippen LogP contribution in [0.5, 0.6) is 0 Å². The summed E-state index contributed by atoms with van der Waals surface area (Å²) in [6.45, 7) is 0. The van der Waals surface area contributed by atoms with Gasteiger partial charge in [0.05, 0.1) is 11.2 Å². The highest BCUT2D eigenvalue weighted by Crippen LogP contribution is 2.17. The second-order valence-corrected chi connectivity index (χ2v) is 4.16. The zero-order valence-electron chi connectivity index (χ0n) is 9.15. The van der Waals surface area contributed by atoms with Crippen LogP contribution in [0.15, 0.2) is 30.6 Å². The predicted molar refractivity (Wildman–Crippen MR) is 62.7 cm³/mol. The number of halogens is 2. The number of aromatic nitrogens is 2. The lowest BCUT2D eigenvalue weighted by atomic mass is 10.1. The van der Waals surface area contributed by atoms with Gasteiger partial charge in [0.1, 0.15) is 5.82 Å². The Hall–Kier alpha value is -1.68. The summed E-state index contributed by atoms with van der Waals surface area (Å²) >= 11 is 5.62. The van der Waals surface area contributed by atoms with E-state index in [1.807, 2.05) is 0 Å². The Morgan fingerprint density at radius 3 is 2.88 bits per heavy atom. The Labute approximate surface area is 103 Å². The van der Waals surface area contributed by atoms with Crippen molar-refractivity contribution in [1.82, 2.24) is 9.78 Å². The topological polar surface area (TPSA) is 34.9 Å². The lowest BCUT2D eigenvalue weighted by Crippen LogP contribution is -2.03. The molecule has 0 aliphatic rings. The van der Waals surface area contributed by atoms with Gasteiger partial charge in [-0.3, -0.25) is 9.48 Å². The molecule has 0 saturated heterocycles. The molecule has 88 valence electrons. The zero-order valence-corrected chi connectivity index (χ0v) is 9.91. The minimum Gasteiger partial charge on any atom is -0.294 e. The van der Waals surface area contributed by atoms with Crippen LogP contribution in [0.3, 0.4) is 0 Å². The van der Waals surface area contributed by atoms with Crippen LogP contribution in [0.1, 0.15) is 15.9 Å².